The number of nitriles is 1. The molecule has 5 heteroatoms. The minimum absolute atomic E-state index is 0.139. The number of nitrogens with zero attached hydrogens (tertiary/aromatic N) is 2. The van der Waals surface area contributed by atoms with Crippen LogP contribution in [0.1, 0.15) is 41.3 Å². The molecule has 0 aliphatic rings. The predicted octanol–water partition coefficient (Wildman–Crippen LogP) is 3.85. The summed E-state index contributed by atoms with van der Waals surface area (Å²) in [5.41, 5.74) is 4.27. The molecule has 0 saturated heterocycles. The van der Waals surface area contributed by atoms with E-state index in [-0.39, 0.29) is 11.8 Å². The first-order valence-corrected chi connectivity index (χ1v) is 7.70. The van der Waals surface area contributed by atoms with Crippen LogP contribution in [0.15, 0.2) is 40.8 Å². The molecule has 120 valence electrons. The number of rotatable bonds is 3. The second-order valence-electron chi connectivity index (χ2n) is 5.86. The summed E-state index contributed by atoms with van der Waals surface area (Å²) in [5.74, 6) is 0.558. The molecule has 0 aliphatic carbocycles. The molecule has 0 spiro atoms. The first-order valence-electron chi connectivity index (χ1n) is 7.70. The summed E-state index contributed by atoms with van der Waals surface area (Å²) in [5, 5.41) is 11.8. The third-order valence-electron chi connectivity index (χ3n) is 3.89. The number of carbonyl (C=O) groups is 1. The maximum Gasteiger partial charge on any atom is 0.251 e. The number of fused-ring (bicyclic) bond motifs is 1. The molecular formula is C19H17N3O2. The van der Waals surface area contributed by atoms with Crippen molar-refractivity contribution >= 4 is 17.0 Å². The topological polar surface area (TPSA) is 78.9 Å². The Morgan fingerprint density at radius 1 is 1.25 bits per heavy atom. The van der Waals surface area contributed by atoms with E-state index in [0.717, 1.165) is 11.1 Å². The van der Waals surface area contributed by atoms with Crippen LogP contribution in [0.4, 0.5) is 0 Å². The normalized spacial score (nSPS) is 10.8. The minimum atomic E-state index is -0.139. The fraction of sp³-hybridized carbons (Fsp3) is 0.211. The molecule has 3 rings (SSSR count). The fourth-order valence-electron chi connectivity index (χ4n) is 2.58. The van der Waals surface area contributed by atoms with Gasteiger partial charge in [-0.15, -0.1) is 0 Å². The summed E-state index contributed by atoms with van der Waals surface area (Å²) in [6.45, 7) is 4.10. The minimum Gasteiger partial charge on any atom is -0.436 e. The van der Waals surface area contributed by atoms with E-state index in [4.69, 9.17) is 4.42 Å². The highest BCUT2D eigenvalue weighted by atomic mass is 16.3. The number of amides is 1. The Hall–Kier alpha value is -3.13. The van der Waals surface area contributed by atoms with Crippen molar-refractivity contribution in [3.8, 4) is 17.5 Å². The summed E-state index contributed by atoms with van der Waals surface area (Å²) >= 11 is 0. The van der Waals surface area contributed by atoms with Gasteiger partial charge in [-0.05, 0) is 42.3 Å². The highest BCUT2D eigenvalue weighted by molar-refractivity contribution is 5.94. The Kier molecular flexibility index (Phi) is 4.05. The van der Waals surface area contributed by atoms with Crippen molar-refractivity contribution in [1.29, 1.82) is 5.26 Å². The van der Waals surface area contributed by atoms with Crippen LogP contribution in [0.3, 0.4) is 0 Å². The van der Waals surface area contributed by atoms with Gasteiger partial charge in [-0.25, -0.2) is 4.98 Å². The molecule has 2 aromatic carbocycles. The molecule has 1 N–H and O–H groups in total. The van der Waals surface area contributed by atoms with Gasteiger partial charge < -0.3 is 9.73 Å². The summed E-state index contributed by atoms with van der Waals surface area (Å²) in [7, 11) is 1.59. The molecule has 3 aromatic rings. The van der Waals surface area contributed by atoms with E-state index in [1.54, 1.807) is 37.4 Å². The molecule has 0 atom stereocenters. The molecule has 5 nitrogen and oxygen atoms in total. The van der Waals surface area contributed by atoms with Gasteiger partial charge in [-0.3, -0.25) is 4.79 Å². The molecule has 24 heavy (non-hydrogen) atoms. The number of hydrogen-bond donors (Lipinski definition) is 1. The van der Waals surface area contributed by atoms with E-state index in [9.17, 15) is 10.1 Å². The second kappa shape index (κ2) is 6.17. The summed E-state index contributed by atoms with van der Waals surface area (Å²) < 4.78 is 5.95. The Morgan fingerprint density at radius 2 is 1.96 bits per heavy atom. The van der Waals surface area contributed by atoms with Crippen LogP contribution in [0.25, 0.3) is 22.6 Å². The fourth-order valence-corrected chi connectivity index (χ4v) is 2.58. The Bertz CT molecular complexity index is 947. The largest absolute Gasteiger partial charge is 0.436 e. The van der Waals surface area contributed by atoms with E-state index in [1.807, 2.05) is 6.07 Å². The molecule has 0 bridgehead atoms. The van der Waals surface area contributed by atoms with Crippen LogP contribution in [-0.2, 0) is 0 Å². The zero-order valence-corrected chi connectivity index (χ0v) is 13.8. The van der Waals surface area contributed by atoms with E-state index < -0.39 is 0 Å². The van der Waals surface area contributed by atoms with Crippen LogP contribution in [0.2, 0.25) is 0 Å². The van der Waals surface area contributed by atoms with E-state index in [2.05, 4.69) is 30.2 Å². The highest BCUT2D eigenvalue weighted by Gasteiger charge is 2.16. The summed E-state index contributed by atoms with van der Waals surface area (Å²) in [4.78, 5) is 16.1. The van der Waals surface area contributed by atoms with Gasteiger partial charge in [0, 0.05) is 23.7 Å². The molecule has 1 amide bonds. The monoisotopic (exact) mass is 319 g/mol. The Balaban J connectivity index is 2.09. The van der Waals surface area contributed by atoms with Gasteiger partial charge in [-0.2, -0.15) is 5.26 Å². The van der Waals surface area contributed by atoms with Gasteiger partial charge in [-0.1, -0.05) is 13.8 Å². The third kappa shape index (κ3) is 2.74. The van der Waals surface area contributed by atoms with Crippen molar-refractivity contribution in [2.75, 3.05) is 7.05 Å². The molecule has 0 fully saturated rings. The maximum atomic E-state index is 11.6. The van der Waals surface area contributed by atoms with Crippen LogP contribution in [0, 0.1) is 11.3 Å². The number of hydrogen-bond acceptors (Lipinski definition) is 4. The van der Waals surface area contributed by atoms with Crippen molar-refractivity contribution < 1.29 is 9.21 Å². The zero-order valence-electron chi connectivity index (χ0n) is 13.8. The van der Waals surface area contributed by atoms with Crippen molar-refractivity contribution in [1.82, 2.24) is 10.3 Å². The van der Waals surface area contributed by atoms with Crippen molar-refractivity contribution in [3.05, 3.63) is 53.1 Å². The standard InChI is InChI=1S/C19H17N3O2/c1-11(2)15-8-12(10-20)9-16-17(15)24-19(22-16)14-6-4-13(5-7-14)18(23)21-3/h4-9,11H,1-3H3,(H,21,23). The van der Waals surface area contributed by atoms with Gasteiger partial charge in [0.15, 0.2) is 5.58 Å². The highest BCUT2D eigenvalue weighted by Crippen LogP contribution is 2.31. The van der Waals surface area contributed by atoms with Gasteiger partial charge in [0.25, 0.3) is 5.91 Å². The lowest BCUT2D eigenvalue weighted by atomic mass is 10.00. The Labute approximate surface area is 139 Å². The molecular weight excluding hydrogens is 302 g/mol. The van der Waals surface area contributed by atoms with Gasteiger partial charge in [0.05, 0.1) is 11.6 Å². The quantitative estimate of drug-likeness (QED) is 0.795. The Morgan fingerprint density at radius 3 is 2.54 bits per heavy atom. The molecule has 0 radical (unpaired) electrons. The lowest BCUT2D eigenvalue weighted by molar-refractivity contribution is 0.0963. The number of benzene rings is 2. The maximum absolute atomic E-state index is 11.6. The van der Waals surface area contributed by atoms with Crippen LogP contribution in [0.5, 0.6) is 0 Å². The van der Waals surface area contributed by atoms with Gasteiger partial charge in [0.2, 0.25) is 5.89 Å². The van der Waals surface area contributed by atoms with Crippen LogP contribution < -0.4 is 5.32 Å². The molecule has 0 saturated carbocycles. The van der Waals surface area contributed by atoms with Crippen LogP contribution >= 0.6 is 0 Å². The van der Waals surface area contributed by atoms with Gasteiger partial charge >= 0.3 is 0 Å². The predicted molar refractivity (Wildman–Crippen MR) is 91.6 cm³/mol. The first kappa shape index (κ1) is 15.8. The number of carbonyl (C=O) groups excluding carboxylic acids is 1. The SMILES string of the molecule is CNC(=O)c1ccc(-c2nc3cc(C#N)cc(C(C)C)c3o2)cc1. The van der Waals surface area contributed by atoms with E-state index in [1.165, 1.54) is 0 Å². The molecule has 0 aliphatic heterocycles. The third-order valence-corrected chi connectivity index (χ3v) is 3.89. The zero-order chi connectivity index (χ0) is 17.3. The average molecular weight is 319 g/mol. The van der Waals surface area contributed by atoms with Crippen molar-refractivity contribution in [3.63, 3.8) is 0 Å². The lowest BCUT2D eigenvalue weighted by Crippen LogP contribution is -2.17. The van der Waals surface area contributed by atoms with Gasteiger partial charge in [0.1, 0.15) is 5.52 Å². The molecule has 1 heterocycles. The number of oxazole rings is 1. The summed E-state index contributed by atoms with van der Waals surface area (Å²) in [6.07, 6.45) is 0. The number of aromatic nitrogens is 1. The lowest BCUT2D eigenvalue weighted by Gasteiger charge is -2.05. The molecule has 1 aromatic heterocycles. The second-order valence-corrected chi connectivity index (χ2v) is 5.86. The average Bonchev–Trinajstić information content (AvgIpc) is 3.03. The summed E-state index contributed by atoms with van der Waals surface area (Å²) in [6, 6.07) is 12.8. The van der Waals surface area contributed by atoms with Crippen molar-refractivity contribution in [2.45, 2.75) is 19.8 Å². The first-order chi connectivity index (χ1) is 11.5. The van der Waals surface area contributed by atoms with Crippen molar-refractivity contribution in [2.24, 2.45) is 0 Å². The smallest absolute Gasteiger partial charge is 0.251 e. The van der Waals surface area contributed by atoms with Crippen LogP contribution in [-0.4, -0.2) is 17.9 Å². The van der Waals surface area contributed by atoms with E-state index >= 15 is 0 Å². The van der Waals surface area contributed by atoms with E-state index in [0.29, 0.717) is 28.1 Å². The number of nitrogens with one attached hydrogen (secondary N) is 1. The molecule has 0 unspecified atom stereocenters.